The summed E-state index contributed by atoms with van der Waals surface area (Å²) < 4.78 is 0. The minimum absolute atomic E-state index is 0.292. The van der Waals surface area contributed by atoms with E-state index in [1.807, 2.05) is 0 Å². The Morgan fingerprint density at radius 3 is 2.39 bits per heavy atom. The van der Waals surface area contributed by atoms with Crippen LogP contribution in [-0.4, -0.2) is 54.6 Å². The molecular formula is C15H31N3. The normalized spacial score (nSPS) is 29.3. The van der Waals surface area contributed by atoms with Gasteiger partial charge in [-0.25, -0.2) is 0 Å². The molecule has 0 spiro atoms. The molecule has 0 aromatic heterocycles. The first-order valence-corrected chi connectivity index (χ1v) is 7.70. The third kappa shape index (κ3) is 3.06. The predicted molar refractivity (Wildman–Crippen MR) is 77.7 cm³/mol. The van der Waals surface area contributed by atoms with E-state index in [1.54, 1.807) is 0 Å². The molecule has 3 heteroatoms. The van der Waals surface area contributed by atoms with Crippen LogP contribution in [0.15, 0.2) is 0 Å². The highest BCUT2D eigenvalue weighted by Crippen LogP contribution is 2.31. The van der Waals surface area contributed by atoms with Crippen molar-refractivity contribution in [2.24, 2.45) is 11.7 Å². The Morgan fingerprint density at radius 2 is 1.83 bits per heavy atom. The van der Waals surface area contributed by atoms with E-state index < -0.39 is 0 Å². The Labute approximate surface area is 113 Å². The molecule has 3 nitrogen and oxygen atoms in total. The van der Waals surface area contributed by atoms with Crippen molar-refractivity contribution in [2.75, 3.05) is 33.2 Å². The van der Waals surface area contributed by atoms with E-state index in [2.05, 4.69) is 30.7 Å². The van der Waals surface area contributed by atoms with Gasteiger partial charge in [0.1, 0.15) is 0 Å². The zero-order chi connectivity index (χ0) is 13.2. The van der Waals surface area contributed by atoms with Crippen molar-refractivity contribution >= 4 is 0 Å². The monoisotopic (exact) mass is 253 g/mol. The zero-order valence-electron chi connectivity index (χ0n) is 12.5. The molecule has 2 N–H and O–H groups in total. The van der Waals surface area contributed by atoms with Gasteiger partial charge >= 0.3 is 0 Å². The first-order chi connectivity index (χ1) is 8.54. The third-order valence-corrected chi connectivity index (χ3v) is 5.25. The molecule has 106 valence electrons. The summed E-state index contributed by atoms with van der Waals surface area (Å²) in [5.41, 5.74) is 6.39. The molecule has 0 aromatic carbocycles. The molecule has 0 amide bonds. The molecule has 0 bridgehead atoms. The minimum atomic E-state index is 0.292. The van der Waals surface area contributed by atoms with Gasteiger partial charge in [-0.15, -0.1) is 0 Å². The number of nitrogens with zero attached hydrogens (tertiary/aromatic N) is 2. The number of rotatable bonds is 3. The van der Waals surface area contributed by atoms with E-state index in [0.29, 0.717) is 11.6 Å². The SMILES string of the molecule is CN1CCN(C(CN)C2CCCCC2)CC1(C)C. The maximum atomic E-state index is 6.10. The fourth-order valence-electron chi connectivity index (χ4n) is 3.72. The van der Waals surface area contributed by atoms with E-state index in [4.69, 9.17) is 5.73 Å². The molecule has 1 aliphatic heterocycles. The Bertz CT molecular complexity index is 258. The van der Waals surface area contributed by atoms with Gasteiger partial charge < -0.3 is 5.73 Å². The Hall–Kier alpha value is -0.120. The fraction of sp³-hybridized carbons (Fsp3) is 1.00. The summed E-state index contributed by atoms with van der Waals surface area (Å²) in [6.45, 7) is 9.09. The van der Waals surface area contributed by atoms with Crippen molar-refractivity contribution in [3.8, 4) is 0 Å². The summed E-state index contributed by atoms with van der Waals surface area (Å²) in [5.74, 6) is 0.850. The molecule has 18 heavy (non-hydrogen) atoms. The summed E-state index contributed by atoms with van der Waals surface area (Å²) >= 11 is 0. The molecule has 1 saturated heterocycles. The summed E-state index contributed by atoms with van der Waals surface area (Å²) in [7, 11) is 2.25. The van der Waals surface area contributed by atoms with Crippen LogP contribution in [0.3, 0.4) is 0 Å². The Kier molecular flexibility index (Phi) is 4.68. The molecule has 1 unspecified atom stereocenters. The summed E-state index contributed by atoms with van der Waals surface area (Å²) in [5, 5.41) is 0. The number of piperazine rings is 1. The lowest BCUT2D eigenvalue weighted by Gasteiger charge is -2.49. The highest BCUT2D eigenvalue weighted by molar-refractivity contribution is 4.93. The standard InChI is InChI=1S/C15H31N3/c1-15(2)12-18(10-9-17(15)3)14(11-16)13-7-5-4-6-8-13/h13-14H,4-12,16H2,1-3H3. The van der Waals surface area contributed by atoms with Gasteiger partial charge in [-0.2, -0.15) is 0 Å². The van der Waals surface area contributed by atoms with Crippen LogP contribution in [0.2, 0.25) is 0 Å². The van der Waals surface area contributed by atoms with Crippen molar-refractivity contribution < 1.29 is 0 Å². The van der Waals surface area contributed by atoms with Crippen LogP contribution in [0.4, 0.5) is 0 Å². The molecule has 1 aliphatic carbocycles. The summed E-state index contributed by atoms with van der Waals surface area (Å²) in [6, 6.07) is 0.623. The van der Waals surface area contributed by atoms with E-state index in [9.17, 15) is 0 Å². The smallest absolute Gasteiger partial charge is 0.0277 e. The second kappa shape index (κ2) is 5.89. The van der Waals surface area contributed by atoms with Crippen LogP contribution in [0.25, 0.3) is 0 Å². The highest BCUT2D eigenvalue weighted by Gasteiger charge is 2.36. The largest absolute Gasteiger partial charge is 0.329 e. The van der Waals surface area contributed by atoms with Crippen LogP contribution in [0, 0.1) is 5.92 Å². The molecule has 1 saturated carbocycles. The topological polar surface area (TPSA) is 32.5 Å². The van der Waals surface area contributed by atoms with E-state index in [-0.39, 0.29) is 0 Å². The van der Waals surface area contributed by atoms with Gasteiger partial charge in [0.15, 0.2) is 0 Å². The van der Waals surface area contributed by atoms with Crippen molar-refractivity contribution in [1.82, 2.24) is 9.80 Å². The van der Waals surface area contributed by atoms with Gasteiger partial charge in [-0.05, 0) is 39.7 Å². The average molecular weight is 253 g/mol. The van der Waals surface area contributed by atoms with Crippen LogP contribution in [0.1, 0.15) is 46.0 Å². The van der Waals surface area contributed by atoms with Crippen molar-refractivity contribution in [2.45, 2.75) is 57.5 Å². The molecule has 0 radical (unpaired) electrons. The maximum Gasteiger partial charge on any atom is 0.0277 e. The van der Waals surface area contributed by atoms with E-state index in [1.165, 1.54) is 51.7 Å². The van der Waals surface area contributed by atoms with Gasteiger partial charge in [0.25, 0.3) is 0 Å². The molecule has 1 heterocycles. The van der Waals surface area contributed by atoms with Crippen LogP contribution in [0.5, 0.6) is 0 Å². The van der Waals surface area contributed by atoms with Crippen molar-refractivity contribution in [3.63, 3.8) is 0 Å². The Morgan fingerprint density at radius 1 is 1.17 bits per heavy atom. The number of hydrogen-bond donors (Lipinski definition) is 1. The highest BCUT2D eigenvalue weighted by atomic mass is 15.3. The van der Waals surface area contributed by atoms with E-state index >= 15 is 0 Å². The second-order valence-corrected chi connectivity index (χ2v) is 6.91. The maximum absolute atomic E-state index is 6.10. The number of nitrogens with two attached hydrogens (primary N) is 1. The average Bonchev–Trinajstić information content (AvgIpc) is 2.36. The van der Waals surface area contributed by atoms with Gasteiger partial charge in [0.05, 0.1) is 0 Å². The lowest BCUT2D eigenvalue weighted by atomic mass is 9.82. The van der Waals surface area contributed by atoms with Gasteiger partial charge in [0.2, 0.25) is 0 Å². The second-order valence-electron chi connectivity index (χ2n) is 6.91. The van der Waals surface area contributed by atoms with Crippen molar-refractivity contribution in [3.05, 3.63) is 0 Å². The predicted octanol–water partition coefficient (Wildman–Crippen LogP) is 1.92. The quantitative estimate of drug-likeness (QED) is 0.834. The zero-order valence-corrected chi connectivity index (χ0v) is 12.5. The molecule has 0 aromatic rings. The molecule has 2 fully saturated rings. The first-order valence-electron chi connectivity index (χ1n) is 7.70. The molecule has 2 aliphatic rings. The van der Waals surface area contributed by atoms with Gasteiger partial charge in [-0.1, -0.05) is 19.3 Å². The first kappa shape index (κ1) is 14.3. The van der Waals surface area contributed by atoms with Crippen LogP contribution >= 0.6 is 0 Å². The fourth-order valence-corrected chi connectivity index (χ4v) is 3.72. The lowest BCUT2D eigenvalue weighted by molar-refractivity contribution is -0.000896. The van der Waals surface area contributed by atoms with Gasteiger partial charge in [-0.3, -0.25) is 9.80 Å². The van der Waals surface area contributed by atoms with E-state index in [0.717, 1.165) is 12.5 Å². The van der Waals surface area contributed by atoms with Crippen LogP contribution < -0.4 is 5.73 Å². The molecular weight excluding hydrogens is 222 g/mol. The van der Waals surface area contributed by atoms with Crippen LogP contribution in [-0.2, 0) is 0 Å². The summed E-state index contributed by atoms with van der Waals surface area (Å²) in [6.07, 6.45) is 7.06. The van der Waals surface area contributed by atoms with Gasteiger partial charge in [0, 0.05) is 37.8 Å². The van der Waals surface area contributed by atoms with Crippen molar-refractivity contribution in [1.29, 1.82) is 0 Å². The molecule has 1 atom stereocenters. The third-order valence-electron chi connectivity index (χ3n) is 5.25. The Balaban J connectivity index is 1.99. The number of hydrogen-bond acceptors (Lipinski definition) is 3. The lowest BCUT2D eigenvalue weighted by Crippen LogP contribution is -2.62. The minimum Gasteiger partial charge on any atom is -0.329 e. The number of likely N-dealkylation sites (N-methyl/N-ethyl adjacent to an activating group) is 1. The molecule has 2 rings (SSSR count). The summed E-state index contributed by atoms with van der Waals surface area (Å²) in [4.78, 5) is 5.16.